The maximum atomic E-state index is 12.5. The van der Waals surface area contributed by atoms with E-state index < -0.39 is 0 Å². The van der Waals surface area contributed by atoms with Crippen LogP contribution in [0, 0.1) is 0 Å². The first-order valence-corrected chi connectivity index (χ1v) is 8.78. The third-order valence-electron chi connectivity index (χ3n) is 5.26. The summed E-state index contributed by atoms with van der Waals surface area (Å²) in [5.74, 6) is 0.285. The summed E-state index contributed by atoms with van der Waals surface area (Å²) in [4.78, 5) is 25.7. The lowest BCUT2D eigenvalue weighted by atomic mass is 9.98. The molecule has 1 saturated heterocycles. The zero-order valence-electron chi connectivity index (χ0n) is 14.3. The normalized spacial score (nSPS) is 19.5. The fourth-order valence-electron chi connectivity index (χ4n) is 3.96. The maximum Gasteiger partial charge on any atom is 0.410 e. The number of ether oxygens (including phenoxy) is 1. The minimum absolute atomic E-state index is 0.0677. The van der Waals surface area contributed by atoms with Gasteiger partial charge in [-0.05, 0) is 29.2 Å². The highest BCUT2D eigenvalue weighted by molar-refractivity contribution is 5.82. The van der Waals surface area contributed by atoms with Crippen LogP contribution >= 0.6 is 0 Å². The van der Waals surface area contributed by atoms with Crippen molar-refractivity contribution in [2.75, 3.05) is 13.2 Å². The Morgan fingerprint density at radius 3 is 2.28 bits per heavy atom. The third kappa shape index (κ3) is 2.82. The van der Waals surface area contributed by atoms with E-state index in [0.29, 0.717) is 26.0 Å². The fourth-order valence-corrected chi connectivity index (χ4v) is 3.96. The van der Waals surface area contributed by atoms with E-state index in [9.17, 15) is 9.59 Å². The molecule has 0 aromatic heterocycles. The zero-order valence-corrected chi connectivity index (χ0v) is 14.3. The lowest BCUT2D eigenvalue weighted by molar-refractivity contribution is -0.122. The Balaban J connectivity index is 1.51. The van der Waals surface area contributed by atoms with Gasteiger partial charge in [0.15, 0.2) is 0 Å². The van der Waals surface area contributed by atoms with Crippen LogP contribution in [0.4, 0.5) is 4.79 Å². The first kappa shape index (κ1) is 15.9. The van der Waals surface area contributed by atoms with Gasteiger partial charge in [0.2, 0.25) is 0 Å². The van der Waals surface area contributed by atoms with Crippen LogP contribution in [0.2, 0.25) is 0 Å². The summed E-state index contributed by atoms with van der Waals surface area (Å²) in [7, 11) is 0. The van der Waals surface area contributed by atoms with Crippen molar-refractivity contribution in [2.24, 2.45) is 0 Å². The van der Waals surface area contributed by atoms with Crippen LogP contribution in [-0.2, 0) is 9.53 Å². The smallest absolute Gasteiger partial charge is 0.410 e. The van der Waals surface area contributed by atoms with Crippen LogP contribution < -0.4 is 0 Å². The highest BCUT2D eigenvalue weighted by Crippen LogP contribution is 2.44. The molecule has 128 valence electrons. The van der Waals surface area contributed by atoms with Crippen molar-refractivity contribution in [3.8, 4) is 11.1 Å². The number of likely N-dealkylation sites (tertiary alicyclic amines) is 1. The Kier molecular flexibility index (Phi) is 4.04. The molecule has 1 aliphatic heterocycles. The van der Waals surface area contributed by atoms with Gasteiger partial charge in [-0.1, -0.05) is 48.5 Å². The molecule has 2 aliphatic rings. The second-order valence-electron chi connectivity index (χ2n) is 6.84. The molecule has 2 aromatic carbocycles. The highest BCUT2D eigenvalue weighted by Gasteiger charge is 2.32. The van der Waals surface area contributed by atoms with Crippen LogP contribution in [0.25, 0.3) is 11.1 Å². The molecular formula is C21H21NO3. The molecule has 2 aromatic rings. The van der Waals surface area contributed by atoms with Crippen LogP contribution in [-0.4, -0.2) is 36.0 Å². The summed E-state index contributed by atoms with van der Waals surface area (Å²) in [5, 5.41) is 0. The first-order valence-electron chi connectivity index (χ1n) is 8.78. The second-order valence-corrected chi connectivity index (χ2v) is 6.84. The number of carbonyl (C=O) groups excluding carboxylic acids is 2. The number of hydrogen-bond donors (Lipinski definition) is 0. The summed E-state index contributed by atoms with van der Waals surface area (Å²) in [5.41, 5.74) is 4.85. The summed E-state index contributed by atoms with van der Waals surface area (Å²) in [6, 6.07) is 16.5. The van der Waals surface area contributed by atoms with Gasteiger partial charge in [0.05, 0.1) is 0 Å². The summed E-state index contributed by atoms with van der Waals surface area (Å²) in [6.45, 7) is 2.68. The zero-order chi connectivity index (χ0) is 17.4. The number of nitrogens with zero attached hydrogens (tertiary/aromatic N) is 1. The molecule has 25 heavy (non-hydrogen) atoms. The average molecular weight is 335 g/mol. The van der Waals surface area contributed by atoms with Gasteiger partial charge in [-0.25, -0.2) is 4.79 Å². The van der Waals surface area contributed by atoms with E-state index in [1.165, 1.54) is 22.3 Å². The molecule has 0 spiro atoms. The predicted molar refractivity (Wildman–Crippen MR) is 95.5 cm³/mol. The number of fused-ring (bicyclic) bond motifs is 3. The Labute approximate surface area is 147 Å². The van der Waals surface area contributed by atoms with Gasteiger partial charge < -0.3 is 9.64 Å². The molecule has 0 bridgehead atoms. The maximum absolute atomic E-state index is 12.5. The predicted octanol–water partition coefficient (Wildman–Crippen LogP) is 3.99. The lowest BCUT2D eigenvalue weighted by Crippen LogP contribution is -2.45. The molecular weight excluding hydrogens is 314 g/mol. The van der Waals surface area contributed by atoms with E-state index in [1.54, 1.807) is 4.90 Å². The number of hydrogen-bond acceptors (Lipinski definition) is 3. The topological polar surface area (TPSA) is 46.6 Å². The lowest BCUT2D eigenvalue weighted by Gasteiger charge is -2.32. The average Bonchev–Trinajstić information content (AvgIpc) is 2.94. The molecule has 1 aliphatic carbocycles. The Morgan fingerprint density at radius 1 is 1.08 bits per heavy atom. The summed E-state index contributed by atoms with van der Waals surface area (Å²) < 4.78 is 5.66. The quantitative estimate of drug-likeness (QED) is 0.834. The molecule has 0 N–H and O–H groups in total. The number of benzene rings is 2. The number of Topliss-reactive ketones (excluding diaryl/α,β-unsaturated/α-hetero) is 1. The van der Waals surface area contributed by atoms with E-state index in [-0.39, 0.29) is 23.8 Å². The van der Waals surface area contributed by atoms with Crippen molar-refractivity contribution < 1.29 is 14.3 Å². The van der Waals surface area contributed by atoms with Crippen molar-refractivity contribution in [1.29, 1.82) is 0 Å². The Morgan fingerprint density at radius 2 is 1.68 bits per heavy atom. The molecule has 1 fully saturated rings. The van der Waals surface area contributed by atoms with Gasteiger partial charge in [-0.15, -0.1) is 0 Å². The second kappa shape index (κ2) is 6.36. The van der Waals surface area contributed by atoms with Crippen LogP contribution in [0.15, 0.2) is 48.5 Å². The summed E-state index contributed by atoms with van der Waals surface area (Å²) in [6.07, 6.45) is 0.528. The third-order valence-corrected chi connectivity index (χ3v) is 5.26. The fraction of sp³-hybridized carbons (Fsp3) is 0.333. The minimum atomic E-state index is -0.318. The van der Waals surface area contributed by atoms with Gasteiger partial charge in [0.25, 0.3) is 0 Å². The van der Waals surface area contributed by atoms with Crippen LogP contribution in [0.5, 0.6) is 0 Å². The van der Waals surface area contributed by atoms with Crippen molar-refractivity contribution in [3.05, 3.63) is 59.7 Å². The van der Waals surface area contributed by atoms with E-state index in [4.69, 9.17) is 4.74 Å². The molecule has 4 nitrogen and oxygen atoms in total. The molecule has 0 radical (unpaired) electrons. The van der Waals surface area contributed by atoms with Gasteiger partial charge in [-0.3, -0.25) is 4.79 Å². The van der Waals surface area contributed by atoms with Gasteiger partial charge in [0.1, 0.15) is 12.4 Å². The van der Waals surface area contributed by atoms with E-state index in [1.807, 2.05) is 31.2 Å². The van der Waals surface area contributed by atoms with Gasteiger partial charge in [0, 0.05) is 31.3 Å². The molecule has 0 saturated carbocycles. The van der Waals surface area contributed by atoms with Crippen molar-refractivity contribution >= 4 is 11.9 Å². The Hall–Kier alpha value is -2.62. The number of piperidine rings is 1. The van der Waals surface area contributed by atoms with Crippen LogP contribution in [0.3, 0.4) is 0 Å². The minimum Gasteiger partial charge on any atom is -0.448 e. The SMILES string of the molecule is CC1CC(=O)CCN1C(=O)OCC1c2ccccc2-c2ccccc21. The van der Waals surface area contributed by atoms with Crippen molar-refractivity contribution in [2.45, 2.75) is 31.7 Å². The number of rotatable bonds is 2. The molecule has 1 amide bonds. The van der Waals surface area contributed by atoms with E-state index >= 15 is 0 Å². The standard InChI is InChI=1S/C21H21NO3/c1-14-12-15(23)10-11-22(14)21(24)25-13-20-18-8-4-2-6-16(18)17-7-3-5-9-19(17)20/h2-9,14,20H,10-13H2,1H3. The summed E-state index contributed by atoms with van der Waals surface area (Å²) >= 11 is 0. The highest BCUT2D eigenvalue weighted by atomic mass is 16.6. The van der Waals surface area contributed by atoms with E-state index in [2.05, 4.69) is 24.3 Å². The van der Waals surface area contributed by atoms with Gasteiger partial charge in [-0.2, -0.15) is 0 Å². The number of carbonyl (C=O) groups is 2. The van der Waals surface area contributed by atoms with E-state index in [0.717, 1.165) is 0 Å². The first-order chi connectivity index (χ1) is 12.1. The van der Waals surface area contributed by atoms with Gasteiger partial charge >= 0.3 is 6.09 Å². The molecule has 1 heterocycles. The molecule has 4 rings (SSSR count). The Bertz CT molecular complexity index is 784. The number of amides is 1. The molecule has 1 unspecified atom stereocenters. The van der Waals surface area contributed by atoms with Crippen molar-refractivity contribution in [3.63, 3.8) is 0 Å². The monoisotopic (exact) mass is 335 g/mol. The molecule has 1 atom stereocenters. The van der Waals surface area contributed by atoms with Crippen molar-refractivity contribution in [1.82, 2.24) is 4.90 Å². The molecule has 4 heteroatoms. The largest absolute Gasteiger partial charge is 0.448 e. The van der Waals surface area contributed by atoms with Crippen LogP contribution in [0.1, 0.15) is 36.8 Å². The number of ketones is 1.